The van der Waals surface area contributed by atoms with Crippen molar-refractivity contribution in [2.75, 3.05) is 13.1 Å². The number of carbonyl (C=O) groups is 1. The van der Waals surface area contributed by atoms with Gasteiger partial charge in [0.15, 0.2) is 0 Å². The highest BCUT2D eigenvalue weighted by atomic mass is 35.5. The first kappa shape index (κ1) is 22.8. The molecule has 1 amide bonds. The highest BCUT2D eigenvalue weighted by Gasteiger charge is 2.31. The lowest BCUT2D eigenvalue weighted by Gasteiger charge is -2.31. The molecule has 0 spiro atoms. The third-order valence-electron chi connectivity index (χ3n) is 5.70. The quantitative estimate of drug-likeness (QED) is 0.685. The number of halogens is 1. The fourth-order valence-electron chi connectivity index (χ4n) is 3.78. The smallest absolute Gasteiger partial charge is 0.223 e. The van der Waals surface area contributed by atoms with Gasteiger partial charge in [-0.1, -0.05) is 54.9 Å². The molecule has 162 valence electrons. The van der Waals surface area contributed by atoms with Crippen LogP contribution in [0, 0.1) is 5.92 Å². The summed E-state index contributed by atoms with van der Waals surface area (Å²) in [5.74, 6) is -0.246. The van der Waals surface area contributed by atoms with Crippen LogP contribution in [0.5, 0.6) is 0 Å². The molecule has 1 heterocycles. The minimum absolute atomic E-state index is 0.00560. The molecule has 0 bridgehead atoms. The van der Waals surface area contributed by atoms with Crippen molar-refractivity contribution in [1.29, 1.82) is 0 Å². The van der Waals surface area contributed by atoms with Crippen LogP contribution in [0.15, 0.2) is 48.5 Å². The van der Waals surface area contributed by atoms with Crippen LogP contribution in [0.25, 0.3) is 0 Å². The molecule has 2 aromatic carbocycles. The number of aryl methyl sites for hydroxylation is 1. The van der Waals surface area contributed by atoms with E-state index in [9.17, 15) is 13.2 Å². The first-order valence-electron chi connectivity index (χ1n) is 10.4. The zero-order chi connectivity index (χ0) is 21.7. The number of nitrogens with zero attached hydrogens (tertiary/aromatic N) is 1. The Balaban J connectivity index is 1.53. The van der Waals surface area contributed by atoms with Crippen LogP contribution in [0.1, 0.15) is 49.4 Å². The topological polar surface area (TPSA) is 66.5 Å². The fraction of sp³-hybridized carbons (Fsp3) is 0.435. The van der Waals surface area contributed by atoms with Gasteiger partial charge in [0, 0.05) is 24.0 Å². The summed E-state index contributed by atoms with van der Waals surface area (Å²) in [7, 11) is -3.43. The zero-order valence-corrected chi connectivity index (χ0v) is 19.0. The van der Waals surface area contributed by atoms with E-state index < -0.39 is 10.0 Å². The number of nitrogens with one attached hydrogen (secondary N) is 1. The van der Waals surface area contributed by atoms with Gasteiger partial charge in [-0.15, -0.1) is 0 Å². The Bertz CT molecular complexity index is 968. The van der Waals surface area contributed by atoms with Crippen molar-refractivity contribution in [3.63, 3.8) is 0 Å². The van der Waals surface area contributed by atoms with E-state index in [1.165, 1.54) is 9.87 Å². The van der Waals surface area contributed by atoms with Gasteiger partial charge in [-0.25, -0.2) is 12.7 Å². The molecule has 3 rings (SSSR count). The first-order chi connectivity index (χ1) is 14.3. The second-order valence-corrected chi connectivity index (χ2v) is 10.3. The molecule has 5 nitrogen and oxygen atoms in total. The monoisotopic (exact) mass is 448 g/mol. The van der Waals surface area contributed by atoms with Gasteiger partial charge >= 0.3 is 0 Å². The molecule has 30 heavy (non-hydrogen) atoms. The molecule has 1 aliphatic rings. The average Bonchev–Trinajstić information content (AvgIpc) is 2.73. The van der Waals surface area contributed by atoms with Crippen molar-refractivity contribution >= 4 is 27.5 Å². The fourth-order valence-corrected chi connectivity index (χ4v) is 5.54. The van der Waals surface area contributed by atoms with E-state index in [4.69, 9.17) is 11.6 Å². The van der Waals surface area contributed by atoms with Crippen LogP contribution in [0.3, 0.4) is 0 Å². The van der Waals surface area contributed by atoms with E-state index in [0.29, 0.717) is 36.5 Å². The molecule has 1 atom stereocenters. The third kappa shape index (κ3) is 5.84. The van der Waals surface area contributed by atoms with E-state index in [0.717, 1.165) is 12.0 Å². The Morgan fingerprint density at radius 1 is 1.13 bits per heavy atom. The van der Waals surface area contributed by atoms with E-state index in [1.807, 2.05) is 6.92 Å². The Hall–Kier alpha value is -1.89. The van der Waals surface area contributed by atoms with Crippen molar-refractivity contribution in [3.05, 3.63) is 70.2 Å². The number of benzene rings is 2. The molecular formula is C23H29ClN2O3S. The lowest BCUT2D eigenvalue weighted by atomic mass is 9.96. The van der Waals surface area contributed by atoms with Gasteiger partial charge in [0.05, 0.1) is 11.8 Å². The van der Waals surface area contributed by atoms with Gasteiger partial charge in [0.2, 0.25) is 15.9 Å². The van der Waals surface area contributed by atoms with Gasteiger partial charge in [-0.2, -0.15) is 0 Å². The zero-order valence-electron chi connectivity index (χ0n) is 17.5. The van der Waals surface area contributed by atoms with Gasteiger partial charge in [-0.3, -0.25) is 4.79 Å². The van der Waals surface area contributed by atoms with Gasteiger partial charge in [0.25, 0.3) is 0 Å². The summed E-state index contributed by atoms with van der Waals surface area (Å²) < 4.78 is 27.0. The second-order valence-electron chi connectivity index (χ2n) is 7.88. The van der Waals surface area contributed by atoms with Crippen LogP contribution in [0.2, 0.25) is 5.02 Å². The van der Waals surface area contributed by atoms with Crippen molar-refractivity contribution in [2.45, 2.75) is 44.9 Å². The molecule has 7 heteroatoms. The summed E-state index contributed by atoms with van der Waals surface area (Å²) in [6, 6.07) is 15.1. The highest BCUT2D eigenvalue weighted by Crippen LogP contribution is 2.24. The summed E-state index contributed by atoms with van der Waals surface area (Å²) in [4.78, 5) is 12.7. The molecular weight excluding hydrogens is 420 g/mol. The minimum atomic E-state index is -3.43. The van der Waals surface area contributed by atoms with Crippen LogP contribution < -0.4 is 5.32 Å². The Labute approximate surface area is 184 Å². The van der Waals surface area contributed by atoms with E-state index in [1.54, 1.807) is 24.3 Å². The number of hydrogen-bond acceptors (Lipinski definition) is 3. The third-order valence-corrected chi connectivity index (χ3v) is 7.79. The van der Waals surface area contributed by atoms with Crippen molar-refractivity contribution < 1.29 is 13.2 Å². The summed E-state index contributed by atoms with van der Waals surface area (Å²) in [5, 5.41) is 3.61. The molecule has 1 N–H and O–H groups in total. The number of rotatable bonds is 7. The summed E-state index contributed by atoms with van der Waals surface area (Å²) in [6.07, 6.45) is 2.05. The average molecular weight is 449 g/mol. The Kier molecular flexibility index (Phi) is 7.55. The summed E-state index contributed by atoms with van der Waals surface area (Å²) >= 11 is 5.96. The maximum atomic E-state index is 12.7. The predicted octanol–water partition coefficient (Wildman–Crippen LogP) is 4.32. The number of amides is 1. The molecule has 0 saturated carbocycles. The van der Waals surface area contributed by atoms with Gasteiger partial charge in [-0.05, 0) is 55.0 Å². The van der Waals surface area contributed by atoms with Crippen LogP contribution in [-0.2, 0) is 27.0 Å². The molecule has 1 aliphatic heterocycles. The van der Waals surface area contributed by atoms with Crippen LogP contribution in [0.4, 0.5) is 0 Å². The number of sulfonamides is 1. The first-order valence-corrected chi connectivity index (χ1v) is 12.4. The Morgan fingerprint density at radius 3 is 2.40 bits per heavy atom. The lowest BCUT2D eigenvalue weighted by molar-refractivity contribution is -0.126. The SMILES string of the molecule is CCc1ccc([C@H](C)NC(=O)C2CCN(S(=O)(=O)Cc3cccc(Cl)c3)CC2)cc1. The van der Waals surface area contributed by atoms with Gasteiger partial charge < -0.3 is 5.32 Å². The number of carbonyl (C=O) groups excluding carboxylic acids is 1. The van der Waals surface area contributed by atoms with Crippen molar-refractivity contribution in [2.24, 2.45) is 5.92 Å². The lowest BCUT2D eigenvalue weighted by Crippen LogP contribution is -2.43. The highest BCUT2D eigenvalue weighted by molar-refractivity contribution is 7.88. The molecule has 1 fully saturated rings. The Morgan fingerprint density at radius 2 is 1.80 bits per heavy atom. The molecule has 0 aliphatic carbocycles. The van der Waals surface area contributed by atoms with E-state index in [-0.39, 0.29) is 23.6 Å². The molecule has 2 aromatic rings. The van der Waals surface area contributed by atoms with Crippen molar-refractivity contribution in [3.8, 4) is 0 Å². The summed E-state index contributed by atoms with van der Waals surface area (Å²) in [5.41, 5.74) is 3.01. The predicted molar refractivity (Wildman–Crippen MR) is 121 cm³/mol. The van der Waals surface area contributed by atoms with Crippen LogP contribution in [-0.4, -0.2) is 31.7 Å². The van der Waals surface area contributed by atoms with Gasteiger partial charge in [0.1, 0.15) is 0 Å². The molecule has 0 radical (unpaired) electrons. The van der Waals surface area contributed by atoms with E-state index in [2.05, 4.69) is 36.5 Å². The maximum Gasteiger partial charge on any atom is 0.223 e. The van der Waals surface area contributed by atoms with Crippen molar-refractivity contribution in [1.82, 2.24) is 9.62 Å². The molecule has 0 aromatic heterocycles. The normalized spacial score (nSPS) is 16.9. The number of piperidine rings is 1. The minimum Gasteiger partial charge on any atom is -0.349 e. The summed E-state index contributed by atoms with van der Waals surface area (Å²) in [6.45, 7) is 4.81. The largest absolute Gasteiger partial charge is 0.349 e. The maximum absolute atomic E-state index is 12.7. The standard InChI is InChI=1S/C23H29ClN2O3S/c1-3-18-7-9-20(10-8-18)17(2)25-23(27)21-11-13-26(14-12-21)30(28,29)16-19-5-4-6-22(24)15-19/h4-10,15,17,21H,3,11-14,16H2,1-2H3,(H,25,27)/t17-/m0/s1. The second kappa shape index (κ2) is 9.94. The molecule has 0 unspecified atom stereocenters. The molecule has 1 saturated heterocycles. The van der Waals surface area contributed by atoms with E-state index >= 15 is 0 Å². The van der Waals surface area contributed by atoms with Crippen LogP contribution >= 0.6 is 11.6 Å². The number of hydrogen-bond donors (Lipinski definition) is 1.